The smallest absolute Gasteiger partial charge is 0.130 e. The third kappa shape index (κ3) is 2.59. The average Bonchev–Trinajstić information content (AvgIpc) is 2.27. The van der Waals surface area contributed by atoms with E-state index in [2.05, 4.69) is 19.1 Å². The van der Waals surface area contributed by atoms with E-state index in [4.69, 9.17) is 10.5 Å². The Morgan fingerprint density at radius 1 is 0.824 bits per heavy atom. The maximum absolute atomic E-state index is 5.92. The summed E-state index contributed by atoms with van der Waals surface area (Å²) in [5, 5.41) is 0. The van der Waals surface area contributed by atoms with Crippen LogP contribution in [-0.4, -0.2) is 0 Å². The van der Waals surface area contributed by atoms with Crippen LogP contribution in [0.1, 0.15) is 16.7 Å². The second kappa shape index (κ2) is 4.50. The van der Waals surface area contributed by atoms with Gasteiger partial charge in [0.15, 0.2) is 0 Å². The lowest BCUT2D eigenvalue weighted by atomic mass is 10.1. The maximum atomic E-state index is 5.92. The minimum absolute atomic E-state index is 0.760. The van der Waals surface area contributed by atoms with Gasteiger partial charge in [0.1, 0.15) is 11.5 Å². The van der Waals surface area contributed by atoms with Gasteiger partial charge in [-0.2, -0.15) is 0 Å². The molecule has 0 heterocycles. The SMILES string of the molecule is Cc1ccc(C)c(Oc2ccc(N)cc2C)c1. The molecular formula is C15H17NO. The summed E-state index contributed by atoms with van der Waals surface area (Å²) in [5.41, 5.74) is 9.85. The number of aryl methyl sites for hydroxylation is 3. The lowest BCUT2D eigenvalue weighted by Crippen LogP contribution is -1.92. The monoisotopic (exact) mass is 227 g/mol. The molecule has 2 aromatic rings. The Bertz CT molecular complexity index is 547. The van der Waals surface area contributed by atoms with E-state index < -0.39 is 0 Å². The molecule has 0 saturated heterocycles. The molecule has 0 aromatic heterocycles. The average molecular weight is 227 g/mol. The fourth-order valence-electron chi connectivity index (χ4n) is 1.72. The highest BCUT2D eigenvalue weighted by Crippen LogP contribution is 2.29. The van der Waals surface area contributed by atoms with Crippen LogP contribution in [0.2, 0.25) is 0 Å². The third-order valence-corrected chi connectivity index (χ3v) is 2.76. The van der Waals surface area contributed by atoms with Gasteiger partial charge in [-0.1, -0.05) is 12.1 Å². The van der Waals surface area contributed by atoms with Crippen molar-refractivity contribution < 1.29 is 4.74 Å². The summed E-state index contributed by atoms with van der Waals surface area (Å²) in [5.74, 6) is 1.76. The standard InChI is InChI=1S/C15H17NO/c1-10-4-5-11(2)15(8-10)17-14-7-6-13(16)9-12(14)3/h4-9H,16H2,1-3H3. The molecular weight excluding hydrogens is 210 g/mol. The number of rotatable bonds is 2. The molecule has 0 unspecified atom stereocenters. The van der Waals surface area contributed by atoms with Gasteiger partial charge in [0.25, 0.3) is 0 Å². The number of benzene rings is 2. The predicted molar refractivity (Wildman–Crippen MR) is 71.6 cm³/mol. The van der Waals surface area contributed by atoms with Gasteiger partial charge in [-0.15, -0.1) is 0 Å². The molecule has 2 nitrogen and oxygen atoms in total. The predicted octanol–water partition coefficient (Wildman–Crippen LogP) is 3.99. The van der Waals surface area contributed by atoms with E-state index >= 15 is 0 Å². The van der Waals surface area contributed by atoms with Crippen molar-refractivity contribution in [1.82, 2.24) is 0 Å². The molecule has 0 aliphatic rings. The summed E-state index contributed by atoms with van der Waals surface area (Å²) < 4.78 is 5.92. The number of nitrogen functional groups attached to an aromatic ring is 1. The van der Waals surface area contributed by atoms with Gasteiger partial charge < -0.3 is 10.5 Å². The molecule has 0 fully saturated rings. The van der Waals surface area contributed by atoms with Crippen LogP contribution in [0.25, 0.3) is 0 Å². The second-order valence-corrected chi connectivity index (χ2v) is 4.40. The largest absolute Gasteiger partial charge is 0.457 e. The first kappa shape index (κ1) is 11.5. The van der Waals surface area contributed by atoms with Crippen molar-refractivity contribution in [1.29, 1.82) is 0 Å². The molecule has 0 aliphatic heterocycles. The van der Waals surface area contributed by atoms with Gasteiger partial charge in [-0.3, -0.25) is 0 Å². The van der Waals surface area contributed by atoms with E-state index in [0.717, 1.165) is 28.3 Å². The molecule has 0 radical (unpaired) electrons. The van der Waals surface area contributed by atoms with Gasteiger partial charge >= 0.3 is 0 Å². The lowest BCUT2D eigenvalue weighted by Gasteiger charge is -2.12. The summed E-state index contributed by atoms with van der Waals surface area (Å²) in [6, 6.07) is 11.9. The Labute approximate surface area is 102 Å². The van der Waals surface area contributed by atoms with Crippen molar-refractivity contribution in [2.24, 2.45) is 0 Å². The number of nitrogens with two attached hydrogens (primary N) is 1. The first-order valence-electron chi connectivity index (χ1n) is 5.67. The van der Waals surface area contributed by atoms with E-state index in [1.807, 2.05) is 38.1 Å². The normalized spacial score (nSPS) is 10.3. The summed E-state index contributed by atoms with van der Waals surface area (Å²) in [6.07, 6.45) is 0. The third-order valence-electron chi connectivity index (χ3n) is 2.76. The number of ether oxygens (including phenoxy) is 1. The molecule has 0 atom stereocenters. The highest BCUT2D eigenvalue weighted by molar-refractivity contribution is 5.49. The molecule has 17 heavy (non-hydrogen) atoms. The van der Waals surface area contributed by atoms with Crippen molar-refractivity contribution >= 4 is 5.69 Å². The zero-order chi connectivity index (χ0) is 12.4. The molecule has 2 N–H and O–H groups in total. The van der Waals surface area contributed by atoms with Crippen LogP contribution in [0.3, 0.4) is 0 Å². The fraction of sp³-hybridized carbons (Fsp3) is 0.200. The summed E-state index contributed by atoms with van der Waals surface area (Å²) >= 11 is 0. The molecule has 0 saturated carbocycles. The van der Waals surface area contributed by atoms with Gasteiger partial charge in [-0.25, -0.2) is 0 Å². The van der Waals surface area contributed by atoms with E-state index in [9.17, 15) is 0 Å². The highest BCUT2D eigenvalue weighted by Gasteiger charge is 2.04. The fourth-order valence-corrected chi connectivity index (χ4v) is 1.72. The van der Waals surface area contributed by atoms with Crippen molar-refractivity contribution in [3.8, 4) is 11.5 Å². The Kier molecular flexibility index (Phi) is 3.05. The van der Waals surface area contributed by atoms with Crippen molar-refractivity contribution in [2.45, 2.75) is 20.8 Å². The molecule has 2 aromatic carbocycles. The van der Waals surface area contributed by atoms with Crippen LogP contribution in [-0.2, 0) is 0 Å². The lowest BCUT2D eigenvalue weighted by molar-refractivity contribution is 0.475. The molecule has 0 amide bonds. The van der Waals surface area contributed by atoms with Crippen molar-refractivity contribution in [2.75, 3.05) is 5.73 Å². The summed E-state index contributed by atoms with van der Waals surface area (Å²) in [7, 11) is 0. The van der Waals surface area contributed by atoms with Gasteiger partial charge in [0, 0.05) is 5.69 Å². The zero-order valence-electron chi connectivity index (χ0n) is 10.4. The molecule has 0 aliphatic carbocycles. The Hall–Kier alpha value is -1.96. The number of hydrogen-bond acceptors (Lipinski definition) is 2. The van der Waals surface area contributed by atoms with Gasteiger partial charge in [0.05, 0.1) is 0 Å². The Balaban J connectivity index is 2.34. The van der Waals surface area contributed by atoms with E-state index in [-0.39, 0.29) is 0 Å². The van der Waals surface area contributed by atoms with Crippen LogP contribution in [0.4, 0.5) is 5.69 Å². The van der Waals surface area contributed by atoms with E-state index in [1.165, 1.54) is 5.56 Å². The van der Waals surface area contributed by atoms with Crippen LogP contribution < -0.4 is 10.5 Å². The maximum Gasteiger partial charge on any atom is 0.130 e. The minimum Gasteiger partial charge on any atom is -0.457 e. The Morgan fingerprint density at radius 3 is 2.29 bits per heavy atom. The van der Waals surface area contributed by atoms with Crippen LogP contribution in [0, 0.1) is 20.8 Å². The van der Waals surface area contributed by atoms with Crippen LogP contribution >= 0.6 is 0 Å². The van der Waals surface area contributed by atoms with Gasteiger partial charge in [-0.05, 0) is 61.7 Å². The van der Waals surface area contributed by atoms with Crippen molar-refractivity contribution in [3.63, 3.8) is 0 Å². The summed E-state index contributed by atoms with van der Waals surface area (Å²) in [6.45, 7) is 6.10. The Morgan fingerprint density at radius 2 is 1.59 bits per heavy atom. The molecule has 88 valence electrons. The molecule has 2 rings (SSSR count). The topological polar surface area (TPSA) is 35.2 Å². The zero-order valence-corrected chi connectivity index (χ0v) is 10.4. The first-order valence-corrected chi connectivity index (χ1v) is 5.67. The van der Waals surface area contributed by atoms with Crippen molar-refractivity contribution in [3.05, 3.63) is 53.1 Å². The van der Waals surface area contributed by atoms with E-state index in [1.54, 1.807) is 0 Å². The molecule has 2 heteroatoms. The number of hydrogen-bond donors (Lipinski definition) is 1. The van der Waals surface area contributed by atoms with Crippen LogP contribution in [0.15, 0.2) is 36.4 Å². The quantitative estimate of drug-likeness (QED) is 0.787. The number of anilines is 1. The first-order chi connectivity index (χ1) is 8.06. The molecule has 0 bridgehead atoms. The summed E-state index contributed by atoms with van der Waals surface area (Å²) in [4.78, 5) is 0. The van der Waals surface area contributed by atoms with E-state index in [0.29, 0.717) is 0 Å². The second-order valence-electron chi connectivity index (χ2n) is 4.40. The van der Waals surface area contributed by atoms with Gasteiger partial charge in [0.2, 0.25) is 0 Å². The minimum atomic E-state index is 0.760. The molecule has 0 spiro atoms. The highest BCUT2D eigenvalue weighted by atomic mass is 16.5. The van der Waals surface area contributed by atoms with Crippen LogP contribution in [0.5, 0.6) is 11.5 Å².